The zero-order valence-electron chi connectivity index (χ0n) is 9.32. The Morgan fingerprint density at radius 3 is 3.00 bits per heavy atom. The van der Waals surface area contributed by atoms with Crippen LogP contribution >= 0.6 is 12.6 Å². The van der Waals surface area contributed by atoms with Crippen molar-refractivity contribution in [3.8, 4) is 0 Å². The lowest BCUT2D eigenvalue weighted by Gasteiger charge is -2.37. The first kappa shape index (κ1) is 10.9. The van der Waals surface area contributed by atoms with Gasteiger partial charge in [-0.3, -0.25) is 0 Å². The third-order valence-corrected chi connectivity index (χ3v) is 3.54. The van der Waals surface area contributed by atoms with Crippen molar-refractivity contribution in [3.05, 3.63) is 29.8 Å². The summed E-state index contributed by atoms with van der Waals surface area (Å²) in [4.78, 5) is 2.54. The fourth-order valence-corrected chi connectivity index (χ4v) is 2.48. The first-order valence-corrected chi connectivity index (χ1v) is 6.41. The molecule has 2 heteroatoms. The molecule has 0 saturated heterocycles. The molecule has 1 aliphatic heterocycles. The molecule has 0 N–H and O–H groups in total. The normalized spacial score (nSPS) is 20.1. The molecule has 0 amide bonds. The highest BCUT2D eigenvalue weighted by molar-refractivity contribution is 7.80. The Hall–Kier alpha value is -0.630. The predicted octanol–water partition coefficient (Wildman–Crippen LogP) is 3.15. The van der Waals surface area contributed by atoms with Crippen LogP contribution in [0.25, 0.3) is 0 Å². The van der Waals surface area contributed by atoms with Crippen LogP contribution in [0.15, 0.2) is 24.3 Å². The molecule has 0 aromatic heterocycles. The molecule has 15 heavy (non-hydrogen) atoms. The van der Waals surface area contributed by atoms with E-state index in [-0.39, 0.29) is 0 Å². The minimum atomic E-state index is 0.680. The average Bonchev–Trinajstić information content (AvgIpc) is 2.28. The second-order valence-corrected chi connectivity index (χ2v) is 4.73. The molecular formula is C13H19NS. The monoisotopic (exact) mass is 221 g/mol. The molecule has 2 rings (SSSR count). The number of hydrogen-bond donors (Lipinski definition) is 1. The van der Waals surface area contributed by atoms with Crippen molar-refractivity contribution in [2.24, 2.45) is 0 Å². The summed E-state index contributed by atoms with van der Waals surface area (Å²) in [5.41, 5.74) is 2.95. The van der Waals surface area contributed by atoms with Crippen molar-refractivity contribution in [1.29, 1.82) is 0 Å². The van der Waals surface area contributed by atoms with Gasteiger partial charge in [-0.15, -0.1) is 0 Å². The van der Waals surface area contributed by atoms with Gasteiger partial charge in [-0.25, -0.2) is 0 Å². The van der Waals surface area contributed by atoms with E-state index < -0.39 is 0 Å². The van der Waals surface area contributed by atoms with Crippen molar-refractivity contribution >= 4 is 18.3 Å². The second kappa shape index (κ2) is 4.93. The van der Waals surface area contributed by atoms with Gasteiger partial charge in [0, 0.05) is 18.3 Å². The Morgan fingerprint density at radius 2 is 2.20 bits per heavy atom. The molecule has 0 spiro atoms. The van der Waals surface area contributed by atoms with Gasteiger partial charge in [-0.1, -0.05) is 18.2 Å². The number of benzene rings is 1. The van der Waals surface area contributed by atoms with E-state index in [1.165, 1.54) is 30.5 Å². The van der Waals surface area contributed by atoms with Crippen LogP contribution in [-0.2, 0) is 6.42 Å². The maximum absolute atomic E-state index is 4.29. The lowest BCUT2D eigenvalue weighted by Crippen LogP contribution is -2.38. The zero-order chi connectivity index (χ0) is 10.7. The van der Waals surface area contributed by atoms with E-state index in [1.54, 1.807) is 0 Å². The van der Waals surface area contributed by atoms with Crippen molar-refractivity contribution < 1.29 is 0 Å². The summed E-state index contributed by atoms with van der Waals surface area (Å²) in [6.45, 7) is 3.47. The summed E-state index contributed by atoms with van der Waals surface area (Å²) in [6, 6.07) is 9.48. The third-order valence-electron chi connectivity index (χ3n) is 3.22. The van der Waals surface area contributed by atoms with E-state index in [4.69, 9.17) is 0 Å². The number of aryl methyl sites for hydroxylation is 1. The molecule has 82 valence electrons. The van der Waals surface area contributed by atoms with Gasteiger partial charge in [0.2, 0.25) is 0 Å². The van der Waals surface area contributed by atoms with E-state index in [0.717, 1.165) is 12.3 Å². The van der Waals surface area contributed by atoms with Crippen LogP contribution in [0.2, 0.25) is 0 Å². The first-order chi connectivity index (χ1) is 7.33. The Balaban J connectivity index is 2.21. The van der Waals surface area contributed by atoms with Crippen LogP contribution in [0.1, 0.15) is 25.3 Å². The van der Waals surface area contributed by atoms with Crippen molar-refractivity contribution in [1.82, 2.24) is 0 Å². The van der Waals surface area contributed by atoms with Gasteiger partial charge in [0.15, 0.2) is 0 Å². The molecular weight excluding hydrogens is 202 g/mol. The van der Waals surface area contributed by atoms with Gasteiger partial charge in [0.25, 0.3) is 0 Å². The summed E-state index contributed by atoms with van der Waals surface area (Å²) in [7, 11) is 0. The molecule has 1 heterocycles. The van der Waals surface area contributed by atoms with Crippen LogP contribution in [0.5, 0.6) is 0 Å². The topological polar surface area (TPSA) is 3.24 Å². The van der Waals surface area contributed by atoms with E-state index in [1.807, 2.05) is 0 Å². The Bertz CT molecular complexity index is 324. The molecule has 0 radical (unpaired) electrons. The maximum atomic E-state index is 4.29. The Morgan fingerprint density at radius 1 is 1.40 bits per heavy atom. The highest BCUT2D eigenvalue weighted by atomic mass is 32.1. The van der Waals surface area contributed by atoms with Crippen LogP contribution in [0, 0.1) is 0 Å². The summed E-state index contributed by atoms with van der Waals surface area (Å²) in [6.07, 6.45) is 3.68. The summed E-state index contributed by atoms with van der Waals surface area (Å²) in [5, 5.41) is 0. The highest BCUT2D eigenvalue weighted by Crippen LogP contribution is 2.30. The van der Waals surface area contributed by atoms with Crippen molar-refractivity contribution in [3.63, 3.8) is 0 Å². The van der Waals surface area contributed by atoms with Gasteiger partial charge in [-0.2, -0.15) is 12.6 Å². The fraction of sp³-hybridized carbons (Fsp3) is 0.538. The lowest BCUT2D eigenvalue weighted by molar-refractivity contribution is 0.559. The summed E-state index contributed by atoms with van der Waals surface area (Å²) in [5.74, 6) is 0.978. The third kappa shape index (κ3) is 2.31. The maximum Gasteiger partial charge on any atom is 0.0401 e. The quantitative estimate of drug-likeness (QED) is 0.767. The number of thiol groups is 1. The molecule has 0 bridgehead atoms. The SMILES string of the molecule is CC1CCc2ccccc2N1CCCS. The lowest BCUT2D eigenvalue weighted by atomic mass is 9.96. The number of nitrogens with zero attached hydrogens (tertiary/aromatic N) is 1. The Labute approximate surface area is 97.9 Å². The van der Waals surface area contributed by atoms with Crippen LogP contribution in [0.3, 0.4) is 0 Å². The van der Waals surface area contributed by atoms with Crippen LogP contribution in [-0.4, -0.2) is 18.3 Å². The molecule has 0 saturated carbocycles. The molecule has 1 aromatic rings. The van der Waals surface area contributed by atoms with Gasteiger partial charge in [0.05, 0.1) is 0 Å². The molecule has 1 aromatic carbocycles. The molecule has 1 unspecified atom stereocenters. The zero-order valence-corrected chi connectivity index (χ0v) is 10.2. The Kier molecular flexibility index (Phi) is 3.57. The molecule has 1 atom stereocenters. The second-order valence-electron chi connectivity index (χ2n) is 4.29. The van der Waals surface area contributed by atoms with Crippen molar-refractivity contribution in [2.45, 2.75) is 32.2 Å². The van der Waals surface area contributed by atoms with Crippen LogP contribution < -0.4 is 4.90 Å². The van der Waals surface area contributed by atoms with E-state index in [9.17, 15) is 0 Å². The number of para-hydroxylation sites is 1. The molecule has 0 fully saturated rings. The number of rotatable bonds is 3. The van der Waals surface area contributed by atoms with Gasteiger partial charge in [0.1, 0.15) is 0 Å². The standard InChI is InChI=1S/C13H19NS/c1-11-7-8-12-5-2-3-6-13(12)14(11)9-4-10-15/h2-3,5-6,11,15H,4,7-10H2,1H3. The molecule has 1 aliphatic rings. The molecule has 1 nitrogen and oxygen atoms in total. The predicted molar refractivity (Wildman–Crippen MR) is 70.0 cm³/mol. The van der Waals surface area contributed by atoms with Crippen molar-refractivity contribution in [2.75, 3.05) is 17.2 Å². The largest absolute Gasteiger partial charge is 0.369 e. The minimum Gasteiger partial charge on any atom is -0.369 e. The number of anilines is 1. The van der Waals surface area contributed by atoms with Gasteiger partial charge < -0.3 is 4.90 Å². The van der Waals surface area contributed by atoms with E-state index >= 15 is 0 Å². The van der Waals surface area contributed by atoms with Crippen LogP contribution in [0.4, 0.5) is 5.69 Å². The smallest absolute Gasteiger partial charge is 0.0401 e. The fourth-order valence-electron chi connectivity index (χ4n) is 2.34. The average molecular weight is 221 g/mol. The number of hydrogen-bond acceptors (Lipinski definition) is 2. The summed E-state index contributed by atoms with van der Waals surface area (Å²) < 4.78 is 0. The van der Waals surface area contributed by atoms with Gasteiger partial charge >= 0.3 is 0 Å². The summed E-state index contributed by atoms with van der Waals surface area (Å²) >= 11 is 4.29. The van der Waals surface area contributed by atoms with E-state index in [2.05, 4.69) is 48.7 Å². The first-order valence-electron chi connectivity index (χ1n) is 5.78. The van der Waals surface area contributed by atoms with E-state index in [0.29, 0.717) is 6.04 Å². The minimum absolute atomic E-state index is 0.680. The number of fused-ring (bicyclic) bond motifs is 1. The highest BCUT2D eigenvalue weighted by Gasteiger charge is 2.21. The van der Waals surface area contributed by atoms with Gasteiger partial charge in [-0.05, 0) is 43.6 Å². The molecule has 0 aliphatic carbocycles.